The number of rotatable bonds is 4. The van der Waals surface area contributed by atoms with Crippen LogP contribution < -0.4 is 0 Å². The lowest BCUT2D eigenvalue weighted by atomic mass is 9.32. The number of carboxylic acid groups (broad SMARTS) is 2. The van der Waals surface area contributed by atoms with Gasteiger partial charge in [0.15, 0.2) is 0 Å². The van der Waals surface area contributed by atoms with E-state index in [1.807, 2.05) is 0 Å². The zero-order chi connectivity index (χ0) is 48.4. The van der Waals surface area contributed by atoms with E-state index in [1.54, 1.807) is 0 Å². The lowest BCUT2D eigenvalue weighted by Gasteiger charge is -2.72. The van der Waals surface area contributed by atoms with E-state index in [4.69, 9.17) is 0 Å². The van der Waals surface area contributed by atoms with E-state index >= 15 is 0 Å². The number of Topliss-reactive ketones (excluding diaryl/α,β-unsaturated/α-hetero) is 1. The zero-order valence-corrected chi connectivity index (χ0v) is 44.0. The van der Waals surface area contributed by atoms with Crippen molar-refractivity contribution in [3.8, 4) is 0 Å². The van der Waals surface area contributed by atoms with Gasteiger partial charge in [-0.2, -0.15) is 0 Å². The molecule has 6 nitrogen and oxygen atoms in total. The smallest absolute Gasteiger partial charge is 0.309 e. The van der Waals surface area contributed by atoms with Gasteiger partial charge in [0.25, 0.3) is 0 Å². The van der Waals surface area contributed by atoms with Gasteiger partial charge < -0.3 is 15.3 Å². The Kier molecular flexibility index (Phi) is 11.4. The van der Waals surface area contributed by atoms with Gasteiger partial charge in [-0.15, -0.1) is 0 Å². The summed E-state index contributed by atoms with van der Waals surface area (Å²) in [5, 5.41) is 31.9. The van der Waals surface area contributed by atoms with Crippen LogP contribution in [0.2, 0.25) is 0 Å². The SMILES string of the molecule is C=C(C)[C@@H]1CC[C@]2(C(=O)O)CC[C@]3(C)[C@H](CC[C@@H]4[C@@]5(C)CCC(=O)C(C)(C)C5CC[C@]43C)[C@@H]12.C=C(C)[C@@H]1CC[C@]2(C(=O)O)CC[C@]3(C)[C@H](CC[C@@H]4[C@@]5(C)CC[C@H](O)C(C)(C)C5CC[C@]43C)[C@@H]12. The van der Waals surface area contributed by atoms with Crippen LogP contribution in [0.1, 0.15) is 212 Å². The zero-order valence-electron chi connectivity index (χ0n) is 44.0. The highest BCUT2D eigenvalue weighted by Crippen LogP contribution is 2.79. The van der Waals surface area contributed by atoms with Gasteiger partial charge in [0, 0.05) is 11.8 Å². The molecule has 0 aromatic heterocycles. The number of carbonyl (C=O) groups is 3. The summed E-state index contributed by atoms with van der Waals surface area (Å²) in [6, 6.07) is 0. The van der Waals surface area contributed by atoms with Crippen molar-refractivity contribution in [3.05, 3.63) is 24.3 Å². The third-order valence-electron chi connectivity index (χ3n) is 26.7. The summed E-state index contributed by atoms with van der Waals surface area (Å²) in [4.78, 5) is 38.4. The van der Waals surface area contributed by atoms with Crippen LogP contribution in [0.15, 0.2) is 24.3 Å². The first-order valence-electron chi connectivity index (χ1n) is 27.5. The van der Waals surface area contributed by atoms with Crippen LogP contribution in [-0.2, 0) is 14.4 Å². The van der Waals surface area contributed by atoms with Crippen molar-refractivity contribution in [2.75, 3.05) is 0 Å². The Morgan fingerprint density at radius 1 is 0.485 bits per heavy atom. The second kappa shape index (κ2) is 15.3. The van der Waals surface area contributed by atoms with Gasteiger partial charge in [-0.05, 0) is 233 Å². The molecule has 0 radical (unpaired) electrons. The maximum Gasteiger partial charge on any atom is 0.309 e. The van der Waals surface area contributed by atoms with Crippen molar-refractivity contribution in [2.24, 2.45) is 113 Å². The Hall–Kier alpha value is -1.95. The van der Waals surface area contributed by atoms with Crippen molar-refractivity contribution in [1.29, 1.82) is 0 Å². The molecule has 0 aromatic rings. The van der Waals surface area contributed by atoms with E-state index in [-0.39, 0.29) is 61.3 Å². The molecule has 0 bridgehead atoms. The van der Waals surface area contributed by atoms with Crippen molar-refractivity contribution in [3.63, 3.8) is 0 Å². The number of aliphatic carboxylic acids is 2. The molecule has 0 spiro atoms. The fourth-order valence-electron chi connectivity index (χ4n) is 22.8. The first-order chi connectivity index (χ1) is 30.5. The van der Waals surface area contributed by atoms with E-state index in [2.05, 4.69) is 96.2 Å². The lowest BCUT2D eigenvalue weighted by molar-refractivity contribution is -0.248. The van der Waals surface area contributed by atoms with Crippen molar-refractivity contribution >= 4 is 17.7 Å². The molecule has 0 saturated heterocycles. The van der Waals surface area contributed by atoms with Gasteiger partial charge in [-0.1, -0.05) is 93.5 Å². The van der Waals surface area contributed by atoms with Crippen molar-refractivity contribution < 1.29 is 29.7 Å². The molecule has 0 aliphatic heterocycles. The number of allylic oxidation sites excluding steroid dienone is 2. The Bertz CT molecular complexity index is 2050. The predicted molar refractivity (Wildman–Crippen MR) is 264 cm³/mol. The number of carbonyl (C=O) groups excluding carboxylic acids is 1. The van der Waals surface area contributed by atoms with Crippen LogP contribution in [0.25, 0.3) is 0 Å². The quantitative estimate of drug-likeness (QED) is 0.242. The summed E-state index contributed by atoms with van der Waals surface area (Å²) in [5.74, 6) is 3.86. The summed E-state index contributed by atoms with van der Waals surface area (Å²) in [5.41, 5.74) is 2.38. The molecular weight excluding hydrogens is 817 g/mol. The van der Waals surface area contributed by atoms with E-state index in [9.17, 15) is 29.7 Å². The third-order valence-corrected chi connectivity index (χ3v) is 26.7. The molecule has 19 atom stereocenters. The fourth-order valence-corrected chi connectivity index (χ4v) is 22.8. The van der Waals surface area contributed by atoms with Gasteiger partial charge >= 0.3 is 11.9 Å². The molecule has 10 fully saturated rings. The molecule has 0 amide bonds. The molecular formula is C60H94O6. The van der Waals surface area contributed by atoms with Gasteiger partial charge in [-0.3, -0.25) is 14.4 Å². The number of aliphatic hydroxyl groups excluding tert-OH is 1. The van der Waals surface area contributed by atoms with Crippen LogP contribution in [0.4, 0.5) is 0 Å². The molecule has 0 heterocycles. The van der Waals surface area contributed by atoms with E-state index < -0.39 is 22.8 Å². The Balaban J connectivity index is 0.000000166. The minimum absolute atomic E-state index is 0.0202. The van der Waals surface area contributed by atoms with Crippen LogP contribution >= 0.6 is 0 Å². The van der Waals surface area contributed by atoms with Gasteiger partial charge in [0.05, 0.1) is 16.9 Å². The molecule has 6 heteroatoms. The largest absolute Gasteiger partial charge is 0.481 e. The highest BCUT2D eigenvalue weighted by molar-refractivity contribution is 5.85. The van der Waals surface area contributed by atoms with E-state index in [1.165, 1.54) is 49.7 Å². The van der Waals surface area contributed by atoms with Crippen LogP contribution in [0.3, 0.4) is 0 Å². The second-order valence-corrected chi connectivity index (χ2v) is 28.8. The summed E-state index contributed by atoms with van der Waals surface area (Å²) >= 11 is 0. The third kappa shape index (κ3) is 6.02. The molecule has 10 saturated carbocycles. The predicted octanol–water partition coefficient (Wildman–Crippen LogP) is 14.4. The van der Waals surface area contributed by atoms with E-state index in [0.717, 1.165) is 89.9 Å². The van der Waals surface area contributed by atoms with Crippen LogP contribution in [-0.4, -0.2) is 39.1 Å². The minimum atomic E-state index is -0.547. The van der Waals surface area contributed by atoms with Crippen molar-refractivity contribution in [1.82, 2.24) is 0 Å². The number of aliphatic hydroxyl groups is 1. The summed E-state index contributed by atoms with van der Waals surface area (Å²) in [6.07, 6.45) is 20.6. The first-order valence-corrected chi connectivity index (χ1v) is 27.5. The maximum absolute atomic E-state index is 12.9. The number of hydrogen-bond acceptors (Lipinski definition) is 4. The standard InChI is InChI=1S/C30H48O3.C30H46O3/c2*1-18(2)19-10-15-30(25(32)33)17-16-28(6)20(24(19)30)8-9-22-27(5)13-12-23(31)26(3,4)21(27)11-14-29(22,28)7/h19-24,31H,1,8-17H2,2-7H3,(H,32,33);19-22,24H,1,8-17H2,2-7H3,(H,32,33)/t19-,20+,21?,22+,23-,24+,27-,28+,29+,30-;19-,20+,21?,22+,24+,27-,28+,29+,30-/m00/s1. The highest BCUT2D eigenvalue weighted by atomic mass is 16.4. The number of ketones is 1. The Morgan fingerprint density at radius 2 is 0.909 bits per heavy atom. The summed E-state index contributed by atoms with van der Waals surface area (Å²) in [6.45, 7) is 37.4. The maximum atomic E-state index is 12.9. The van der Waals surface area contributed by atoms with Crippen molar-refractivity contribution in [2.45, 2.75) is 218 Å². The van der Waals surface area contributed by atoms with Crippen LogP contribution in [0, 0.1) is 113 Å². The lowest BCUT2D eigenvalue weighted by Crippen LogP contribution is -2.67. The highest BCUT2D eigenvalue weighted by Gasteiger charge is 2.74. The minimum Gasteiger partial charge on any atom is -0.481 e. The topological polar surface area (TPSA) is 112 Å². The summed E-state index contributed by atoms with van der Waals surface area (Å²) in [7, 11) is 0. The van der Waals surface area contributed by atoms with Gasteiger partial charge in [-0.25, -0.2) is 0 Å². The van der Waals surface area contributed by atoms with Gasteiger partial charge in [0.1, 0.15) is 5.78 Å². The molecule has 10 aliphatic rings. The molecule has 2 unspecified atom stereocenters. The Labute approximate surface area is 401 Å². The average molecular weight is 911 g/mol. The molecule has 0 aromatic carbocycles. The fraction of sp³-hybridized carbons (Fsp3) is 0.883. The Morgan fingerprint density at radius 3 is 1.33 bits per heavy atom. The van der Waals surface area contributed by atoms with Gasteiger partial charge in [0.2, 0.25) is 0 Å². The number of hydrogen-bond donors (Lipinski definition) is 3. The molecule has 10 rings (SSSR count). The summed E-state index contributed by atoms with van der Waals surface area (Å²) < 4.78 is 0. The molecule has 3 N–H and O–H groups in total. The van der Waals surface area contributed by atoms with E-state index in [0.29, 0.717) is 53.1 Å². The molecule has 10 aliphatic carbocycles. The average Bonchev–Trinajstić information content (AvgIpc) is 3.84. The van der Waals surface area contributed by atoms with Crippen LogP contribution in [0.5, 0.6) is 0 Å². The number of carboxylic acids is 2. The number of fused-ring (bicyclic) bond motifs is 14. The monoisotopic (exact) mass is 911 g/mol. The normalized spacial score (nSPS) is 53.9. The molecule has 370 valence electrons. The second-order valence-electron chi connectivity index (χ2n) is 28.8. The molecule has 66 heavy (non-hydrogen) atoms. The first kappa shape index (κ1) is 49.0.